The first kappa shape index (κ1) is 15.9. The van der Waals surface area contributed by atoms with E-state index in [1.165, 1.54) is 13.2 Å². The number of hydrogen-bond acceptors (Lipinski definition) is 4. The highest BCUT2D eigenvalue weighted by Gasteiger charge is 2.27. The highest BCUT2D eigenvalue weighted by atomic mass is 35.5. The van der Waals surface area contributed by atoms with Crippen LogP contribution in [0.1, 0.15) is 12.5 Å². The fourth-order valence-electron chi connectivity index (χ4n) is 1.57. The molecule has 1 rings (SSSR count). The first-order valence-electron chi connectivity index (χ1n) is 5.66. The van der Waals surface area contributed by atoms with Gasteiger partial charge in [-0.25, -0.2) is 8.42 Å². The molecule has 0 saturated heterocycles. The molecule has 0 aliphatic rings. The number of ether oxygens (including phenoxy) is 1. The van der Waals surface area contributed by atoms with E-state index in [1.54, 1.807) is 26.0 Å². The molecule has 0 bridgehead atoms. The van der Waals surface area contributed by atoms with E-state index in [0.29, 0.717) is 10.6 Å². The minimum Gasteiger partial charge on any atom is -0.468 e. The van der Waals surface area contributed by atoms with Crippen molar-refractivity contribution in [1.82, 2.24) is 4.31 Å². The van der Waals surface area contributed by atoms with E-state index in [9.17, 15) is 13.2 Å². The van der Waals surface area contributed by atoms with Crippen LogP contribution in [0.2, 0.25) is 5.02 Å². The molecule has 0 radical (unpaired) electrons. The molecule has 0 saturated carbocycles. The number of halogens is 1. The largest absolute Gasteiger partial charge is 0.468 e. The minimum atomic E-state index is -3.76. The summed E-state index contributed by atoms with van der Waals surface area (Å²) in [5.41, 5.74) is 0.577. The van der Waals surface area contributed by atoms with Crippen LogP contribution in [-0.4, -0.2) is 38.9 Å². The SMILES string of the molecule is CCN(CC(=O)OC)S(=O)(=O)c1cc(Cl)ccc1C. The van der Waals surface area contributed by atoms with Crippen LogP contribution in [0.15, 0.2) is 23.1 Å². The van der Waals surface area contributed by atoms with Crippen LogP contribution >= 0.6 is 11.6 Å². The molecule has 1 aromatic carbocycles. The molecule has 5 nitrogen and oxygen atoms in total. The average Bonchev–Trinajstić information content (AvgIpc) is 2.37. The zero-order chi connectivity index (χ0) is 14.6. The number of sulfonamides is 1. The Morgan fingerprint density at radius 1 is 1.42 bits per heavy atom. The minimum absolute atomic E-state index is 0.103. The first-order valence-corrected chi connectivity index (χ1v) is 7.47. The van der Waals surface area contributed by atoms with Gasteiger partial charge in [0, 0.05) is 11.6 Å². The number of rotatable bonds is 5. The Kier molecular flexibility index (Phi) is 5.34. The summed E-state index contributed by atoms with van der Waals surface area (Å²) in [7, 11) is -2.55. The van der Waals surface area contributed by atoms with Crippen molar-refractivity contribution >= 4 is 27.6 Å². The summed E-state index contributed by atoms with van der Waals surface area (Å²) in [6.45, 7) is 3.18. The molecule has 0 amide bonds. The number of hydrogen-bond donors (Lipinski definition) is 0. The van der Waals surface area contributed by atoms with Gasteiger partial charge in [0.05, 0.1) is 12.0 Å². The van der Waals surface area contributed by atoms with Gasteiger partial charge in [-0.2, -0.15) is 4.31 Å². The van der Waals surface area contributed by atoms with Crippen LogP contribution in [0.25, 0.3) is 0 Å². The van der Waals surface area contributed by atoms with Crippen molar-refractivity contribution in [2.24, 2.45) is 0 Å². The van der Waals surface area contributed by atoms with E-state index >= 15 is 0 Å². The van der Waals surface area contributed by atoms with Crippen LogP contribution in [0, 0.1) is 6.92 Å². The maximum absolute atomic E-state index is 12.4. The van der Waals surface area contributed by atoms with Gasteiger partial charge >= 0.3 is 5.97 Å². The molecule has 0 fully saturated rings. The lowest BCUT2D eigenvalue weighted by atomic mass is 10.2. The number of methoxy groups -OCH3 is 1. The number of carbonyl (C=O) groups is 1. The van der Waals surface area contributed by atoms with E-state index in [2.05, 4.69) is 4.74 Å². The lowest BCUT2D eigenvalue weighted by Crippen LogP contribution is -2.36. The van der Waals surface area contributed by atoms with Crippen molar-refractivity contribution in [3.8, 4) is 0 Å². The number of aryl methyl sites for hydroxylation is 1. The molecule has 19 heavy (non-hydrogen) atoms. The predicted octanol–water partition coefficient (Wildman–Crippen LogP) is 1.83. The molecular formula is C12H16ClNO4S. The van der Waals surface area contributed by atoms with Crippen molar-refractivity contribution in [2.45, 2.75) is 18.7 Å². The second kappa shape index (κ2) is 6.36. The van der Waals surface area contributed by atoms with Gasteiger partial charge in [0.2, 0.25) is 10.0 Å². The van der Waals surface area contributed by atoms with Crippen LogP contribution < -0.4 is 0 Å². The lowest BCUT2D eigenvalue weighted by Gasteiger charge is -2.20. The summed E-state index contributed by atoms with van der Waals surface area (Å²) in [5, 5.41) is 0.332. The smallest absolute Gasteiger partial charge is 0.321 e. The Morgan fingerprint density at radius 2 is 2.05 bits per heavy atom. The summed E-state index contributed by atoms with van der Waals surface area (Å²) in [6, 6.07) is 4.62. The fourth-order valence-corrected chi connectivity index (χ4v) is 3.45. The summed E-state index contributed by atoms with van der Waals surface area (Å²) >= 11 is 5.83. The standard InChI is InChI=1S/C12H16ClNO4S/c1-4-14(8-12(15)18-3)19(16,17)11-7-10(13)6-5-9(11)2/h5-7H,4,8H2,1-3H3. The van der Waals surface area contributed by atoms with Gasteiger partial charge in [-0.3, -0.25) is 4.79 Å². The number of esters is 1. The highest BCUT2D eigenvalue weighted by Crippen LogP contribution is 2.23. The van der Waals surface area contributed by atoms with Gasteiger partial charge in [-0.05, 0) is 24.6 Å². The van der Waals surface area contributed by atoms with Gasteiger partial charge in [0.15, 0.2) is 0 Å². The molecule has 1 aromatic rings. The third-order valence-electron chi connectivity index (χ3n) is 2.65. The van der Waals surface area contributed by atoms with Crippen molar-refractivity contribution in [3.05, 3.63) is 28.8 Å². The number of carbonyl (C=O) groups excluding carboxylic acids is 1. The molecule has 106 valence electrons. The van der Waals surface area contributed by atoms with Crippen LogP contribution in [0.3, 0.4) is 0 Å². The second-order valence-corrected chi connectivity index (χ2v) is 6.26. The van der Waals surface area contributed by atoms with Crippen LogP contribution in [0.4, 0.5) is 0 Å². The maximum Gasteiger partial charge on any atom is 0.321 e. The summed E-state index contributed by atoms with van der Waals surface area (Å²) in [4.78, 5) is 11.4. The van der Waals surface area contributed by atoms with E-state index in [-0.39, 0.29) is 18.0 Å². The Bertz CT molecular complexity index is 571. The van der Waals surface area contributed by atoms with E-state index in [4.69, 9.17) is 11.6 Å². The number of benzene rings is 1. The molecule has 0 heterocycles. The van der Waals surface area contributed by atoms with E-state index < -0.39 is 16.0 Å². The first-order chi connectivity index (χ1) is 8.82. The molecule has 0 unspecified atom stereocenters. The fraction of sp³-hybridized carbons (Fsp3) is 0.417. The predicted molar refractivity (Wildman–Crippen MR) is 72.6 cm³/mol. The van der Waals surface area contributed by atoms with Gasteiger partial charge in [-0.1, -0.05) is 24.6 Å². The van der Waals surface area contributed by atoms with E-state index in [0.717, 1.165) is 4.31 Å². The Morgan fingerprint density at radius 3 is 2.58 bits per heavy atom. The maximum atomic E-state index is 12.4. The molecule has 0 N–H and O–H groups in total. The zero-order valence-corrected chi connectivity index (χ0v) is 12.6. The van der Waals surface area contributed by atoms with Crippen molar-refractivity contribution < 1.29 is 17.9 Å². The van der Waals surface area contributed by atoms with Crippen molar-refractivity contribution in [1.29, 1.82) is 0 Å². The molecule has 0 aliphatic carbocycles. The van der Waals surface area contributed by atoms with Crippen LogP contribution in [-0.2, 0) is 19.6 Å². The number of likely N-dealkylation sites (N-methyl/N-ethyl adjacent to an activating group) is 1. The summed E-state index contributed by atoms with van der Waals surface area (Å²) in [5.74, 6) is -0.606. The van der Waals surface area contributed by atoms with Gasteiger partial charge in [0.1, 0.15) is 6.54 Å². The Labute approximate surface area is 118 Å². The quantitative estimate of drug-likeness (QED) is 0.779. The number of nitrogens with zero attached hydrogens (tertiary/aromatic N) is 1. The molecule has 0 atom stereocenters. The third kappa shape index (κ3) is 3.68. The Balaban J connectivity index is 3.20. The molecule has 7 heteroatoms. The van der Waals surface area contributed by atoms with Crippen molar-refractivity contribution in [2.75, 3.05) is 20.2 Å². The molecule has 0 aliphatic heterocycles. The average molecular weight is 306 g/mol. The van der Waals surface area contributed by atoms with Gasteiger partial charge in [0.25, 0.3) is 0 Å². The van der Waals surface area contributed by atoms with Crippen LogP contribution in [0.5, 0.6) is 0 Å². The molecule has 0 aromatic heterocycles. The Hall–Kier alpha value is -1.11. The van der Waals surface area contributed by atoms with Gasteiger partial charge in [-0.15, -0.1) is 0 Å². The normalized spacial score (nSPS) is 11.6. The monoisotopic (exact) mass is 305 g/mol. The van der Waals surface area contributed by atoms with E-state index in [1.807, 2.05) is 0 Å². The van der Waals surface area contributed by atoms with Crippen molar-refractivity contribution in [3.63, 3.8) is 0 Å². The zero-order valence-electron chi connectivity index (χ0n) is 11.0. The molecule has 0 spiro atoms. The summed E-state index contributed by atoms with van der Waals surface area (Å²) in [6.07, 6.45) is 0. The second-order valence-electron chi connectivity index (χ2n) is 3.92. The van der Waals surface area contributed by atoms with Gasteiger partial charge < -0.3 is 4.74 Å². The molecular weight excluding hydrogens is 290 g/mol. The highest BCUT2D eigenvalue weighted by molar-refractivity contribution is 7.89. The third-order valence-corrected chi connectivity index (χ3v) is 4.95. The topological polar surface area (TPSA) is 63.7 Å². The summed E-state index contributed by atoms with van der Waals surface area (Å²) < 4.78 is 30.4. The lowest BCUT2D eigenvalue weighted by molar-refractivity contribution is -0.140.